The summed E-state index contributed by atoms with van der Waals surface area (Å²) in [5, 5.41) is 4.29. The highest BCUT2D eigenvalue weighted by Crippen LogP contribution is 2.40. The molecule has 158 valence electrons. The van der Waals surface area contributed by atoms with Gasteiger partial charge in [0, 0.05) is 32.1 Å². The van der Waals surface area contributed by atoms with Gasteiger partial charge in [0.15, 0.2) is 0 Å². The lowest BCUT2D eigenvalue weighted by atomic mass is 9.96. The summed E-state index contributed by atoms with van der Waals surface area (Å²) in [5.41, 5.74) is 0.930. The Labute approximate surface area is 176 Å². The topological polar surface area (TPSA) is 91.3 Å². The monoisotopic (exact) mass is 452 g/mol. The number of amides is 1. The summed E-state index contributed by atoms with van der Waals surface area (Å²) in [6.45, 7) is 3.03. The van der Waals surface area contributed by atoms with Crippen molar-refractivity contribution < 1.29 is 23.4 Å². The molecule has 0 aromatic heterocycles. The smallest absolute Gasteiger partial charge is 0.248 e. The van der Waals surface area contributed by atoms with Gasteiger partial charge in [0.2, 0.25) is 5.91 Å². The van der Waals surface area contributed by atoms with Gasteiger partial charge in [-0.3, -0.25) is 13.9 Å². The zero-order chi connectivity index (χ0) is 20.1. The summed E-state index contributed by atoms with van der Waals surface area (Å²) in [6.07, 6.45) is -0.206. The van der Waals surface area contributed by atoms with Crippen LogP contribution in [0.1, 0.15) is 11.7 Å². The Morgan fingerprint density at radius 3 is 2.75 bits per heavy atom. The van der Waals surface area contributed by atoms with E-state index in [4.69, 9.17) is 32.7 Å². The number of rotatable bonds is 5. The Morgan fingerprint density at radius 1 is 1.29 bits per heavy atom. The van der Waals surface area contributed by atoms with Crippen LogP contribution in [0.25, 0.3) is 0 Å². The number of nitrogens with one attached hydrogen (secondary N) is 1. The minimum atomic E-state index is -2.52. The number of carbonyl (C=O) groups excluding carboxylic acids is 1. The second-order valence-corrected chi connectivity index (χ2v) is 10.3. The molecule has 0 radical (unpaired) electrons. The maximum Gasteiger partial charge on any atom is 0.248 e. The van der Waals surface area contributed by atoms with Crippen LogP contribution in [0.4, 0.5) is 0 Å². The molecule has 28 heavy (non-hydrogen) atoms. The summed E-state index contributed by atoms with van der Waals surface area (Å²) < 4.78 is 31.0. The molecule has 7 nitrogen and oxygen atoms in total. The third-order valence-corrected chi connectivity index (χ3v) is 7.38. The van der Waals surface area contributed by atoms with E-state index in [0.29, 0.717) is 42.9 Å². The first kappa shape index (κ1) is 22.1. The molecule has 2 aliphatic heterocycles. The number of benzene rings is 1. The summed E-state index contributed by atoms with van der Waals surface area (Å²) in [5.74, 6) is 0.348. The zero-order valence-corrected chi connectivity index (χ0v) is 17.8. The van der Waals surface area contributed by atoms with E-state index in [1.54, 1.807) is 11.0 Å². The predicted octanol–water partition coefficient (Wildman–Crippen LogP) is 2.88. The van der Waals surface area contributed by atoms with Crippen molar-refractivity contribution in [1.29, 1.82) is 0 Å². The van der Waals surface area contributed by atoms with Gasteiger partial charge in [-0.15, -0.1) is 0 Å². The Morgan fingerprint density at radius 2 is 2.04 bits per heavy atom. The fourth-order valence-corrected chi connectivity index (χ4v) is 4.89. The molecule has 3 N–H and O–H groups in total. The molecule has 0 spiro atoms. The molecule has 2 fully saturated rings. The van der Waals surface area contributed by atoms with E-state index in [1.807, 2.05) is 12.1 Å². The van der Waals surface area contributed by atoms with Gasteiger partial charge in [-0.1, -0.05) is 29.3 Å². The van der Waals surface area contributed by atoms with Gasteiger partial charge in [0.25, 0.3) is 0 Å². The number of hydrogen-bond acceptors (Lipinski definition) is 6. The average Bonchev–Trinajstić information content (AvgIpc) is 2.89. The lowest BCUT2D eigenvalue weighted by Gasteiger charge is -2.40. The summed E-state index contributed by atoms with van der Waals surface area (Å²) in [6, 6.07) is 5.46. The fourth-order valence-electron chi connectivity index (χ4n) is 3.36. The number of hydrogen-bond donors (Lipinski definition) is 3. The van der Waals surface area contributed by atoms with Gasteiger partial charge in [0.1, 0.15) is 6.61 Å². The van der Waals surface area contributed by atoms with Crippen molar-refractivity contribution in [1.82, 2.24) is 10.2 Å². The largest absolute Gasteiger partial charge is 0.372 e. The minimum Gasteiger partial charge on any atom is -0.372 e. The number of nitrogens with zero attached hydrogens (tertiary/aromatic N) is 1. The SMILES string of the molecule is O=C(COC[C@H]1CNCCO[C@H]1c1ccc(Cl)c(Cl)c1)N1CCS(O)(O)CC1. The molecule has 1 aromatic rings. The Kier molecular flexibility index (Phi) is 7.86. The molecule has 2 atom stereocenters. The number of ether oxygens (including phenoxy) is 2. The van der Waals surface area contributed by atoms with Crippen LogP contribution in [0.2, 0.25) is 10.0 Å². The second-order valence-electron chi connectivity index (χ2n) is 7.04. The quantitative estimate of drug-likeness (QED) is 0.635. The third kappa shape index (κ3) is 5.96. The molecule has 3 rings (SSSR count). The molecule has 1 aromatic carbocycles. The molecule has 0 unspecified atom stereocenters. The highest BCUT2D eigenvalue weighted by atomic mass is 35.5. The van der Waals surface area contributed by atoms with Crippen LogP contribution < -0.4 is 5.32 Å². The van der Waals surface area contributed by atoms with E-state index in [1.165, 1.54) is 0 Å². The lowest BCUT2D eigenvalue weighted by molar-refractivity contribution is -0.137. The Bertz CT molecular complexity index is 684. The Hall–Kier alpha value is -0.580. The molecule has 0 aliphatic carbocycles. The van der Waals surface area contributed by atoms with Crippen LogP contribution in [-0.2, 0) is 14.3 Å². The molecule has 10 heteroatoms. The molecule has 0 bridgehead atoms. The second kappa shape index (κ2) is 9.95. The standard InChI is InChI=1S/C18H26Cl2N2O5S/c19-15-2-1-13(9-16(15)20)18-14(10-21-3-6-27-18)11-26-12-17(23)22-4-7-28(24,25)8-5-22/h1-2,9,14,18,21,24-25H,3-8,10-12H2/t14-,18+/m1/s1. The fraction of sp³-hybridized carbons (Fsp3) is 0.611. The Balaban J connectivity index is 1.55. The number of carbonyl (C=O) groups is 1. The molecule has 0 saturated carbocycles. The van der Waals surface area contributed by atoms with Crippen LogP contribution in [0.15, 0.2) is 18.2 Å². The first-order chi connectivity index (χ1) is 13.4. The summed E-state index contributed by atoms with van der Waals surface area (Å²) >= 11 is 12.2. The van der Waals surface area contributed by atoms with Gasteiger partial charge >= 0.3 is 0 Å². The average molecular weight is 453 g/mol. The minimum absolute atomic E-state index is 0.0147. The first-order valence-electron chi connectivity index (χ1n) is 9.22. The molecule has 2 aliphatic rings. The predicted molar refractivity (Wildman–Crippen MR) is 111 cm³/mol. The number of halogens is 2. The van der Waals surface area contributed by atoms with Crippen molar-refractivity contribution >= 4 is 39.7 Å². The van der Waals surface area contributed by atoms with Crippen molar-refractivity contribution in [3.05, 3.63) is 33.8 Å². The van der Waals surface area contributed by atoms with E-state index < -0.39 is 10.6 Å². The first-order valence-corrected chi connectivity index (χ1v) is 11.9. The van der Waals surface area contributed by atoms with Crippen molar-refractivity contribution in [2.45, 2.75) is 6.10 Å². The van der Waals surface area contributed by atoms with Crippen LogP contribution >= 0.6 is 33.8 Å². The lowest BCUT2D eigenvalue weighted by Crippen LogP contribution is -2.44. The molecule has 1 amide bonds. The van der Waals surface area contributed by atoms with E-state index >= 15 is 0 Å². The van der Waals surface area contributed by atoms with Crippen molar-refractivity contribution in [3.8, 4) is 0 Å². The van der Waals surface area contributed by atoms with Crippen LogP contribution in [0.3, 0.4) is 0 Å². The van der Waals surface area contributed by atoms with Crippen LogP contribution in [0.5, 0.6) is 0 Å². The van der Waals surface area contributed by atoms with Crippen LogP contribution in [0, 0.1) is 5.92 Å². The van der Waals surface area contributed by atoms with Gasteiger partial charge < -0.3 is 19.7 Å². The van der Waals surface area contributed by atoms with E-state index in [2.05, 4.69) is 5.32 Å². The zero-order valence-electron chi connectivity index (χ0n) is 15.5. The van der Waals surface area contributed by atoms with E-state index in [-0.39, 0.29) is 36.0 Å². The molecule has 2 heterocycles. The molecular formula is C18H26Cl2N2O5S. The van der Waals surface area contributed by atoms with Crippen molar-refractivity contribution in [2.75, 3.05) is 57.5 Å². The molecular weight excluding hydrogens is 427 g/mol. The van der Waals surface area contributed by atoms with Crippen LogP contribution in [-0.4, -0.2) is 77.4 Å². The normalized spacial score (nSPS) is 26.5. The maximum atomic E-state index is 12.3. The van der Waals surface area contributed by atoms with Gasteiger partial charge in [-0.05, 0) is 17.7 Å². The summed E-state index contributed by atoms with van der Waals surface area (Å²) in [7, 11) is -2.52. The summed E-state index contributed by atoms with van der Waals surface area (Å²) in [4.78, 5) is 13.9. The van der Waals surface area contributed by atoms with E-state index in [9.17, 15) is 13.9 Å². The van der Waals surface area contributed by atoms with Gasteiger partial charge in [0.05, 0.1) is 40.9 Å². The maximum absolute atomic E-state index is 12.3. The van der Waals surface area contributed by atoms with Crippen molar-refractivity contribution in [2.24, 2.45) is 5.92 Å². The van der Waals surface area contributed by atoms with E-state index in [0.717, 1.165) is 12.1 Å². The van der Waals surface area contributed by atoms with Gasteiger partial charge in [-0.25, -0.2) is 0 Å². The highest BCUT2D eigenvalue weighted by molar-refractivity contribution is 8.24. The highest BCUT2D eigenvalue weighted by Gasteiger charge is 2.28. The van der Waals surface area contributed by atoms with Gasteiger partial charge in [-0.2, -0.15) is 10.6 Å². The van der Waals surface area contributed by atoms with Crippen molar-refractivity contribution in [3.63, 3.8) is 0 Å². The molecule has 2 saturated heterocycles. The third-order valence-electron chi connectivity index (χ3n) is 4.97.